The van der Waals surface area contributed by atoms with Crippen molar-refractivity contribution in [2.75, 3.05) is 31.3 Å². The van der Waals surface area contributed by atoms with E-state index >= 15 is 0 Å². The zero-order valence-corrected chi connectivity index (χ0v) is 9.30. The molecule has 0 fully saturated rings. The van der Waals surface area contributed by atoms with Crippen LogP contribution in [0.3, 0.4) is 0 Å². The first-order valence-corrected chi connectivity index (χ1v) is 4.64. The van der Waals surface area contributed by atoms with Gasteiger partial charge in [-0.3, -0.25) is 4.79 Å². The fraction of sp³-hybridized carbons (Fsp3) is 0.444. The van der Waals surface area contributed by atoms with Crippen LogP contribution in [0.15, 0.2) is 6.07 Å². The molecule has 0 atom stereocenters. The molecule has 7 heteroatoms. The monoisotopic (exact) mass is 225 g/mol. The van der Waals surface area contributed by atoms with E-state index < -0.39 is 5.91 Å². The molecule has 0 saturated carbocycles. The van der Waals surface area contributed by atoms with Crippen molar-refractivity contribution in [2.45, 2.75) is 6.61 Å². The van der Waals surface area contributed by atoms with E-state index in [9.17, 15) is 4.79 Å². The Morgan fingerprint density at radius 3 is 2.81 bits per heavy atom. The molecular weight excluding hydrogens is 210 g/mol. The highest BCUT2D eigenvalue weighted by atomic mass is 16.5. The van der Waals surface area contributed by atoms with Crippen molar-refractivity contribution in [2.24, 2.45) is 5.73 Å². The number of methoxy groups -OCH3 is 1. The Labute approximate surface area is 93.4 Å². The predicted octanol–water partition coefficient (Wildman–Crippen LogP) is -0.873. The lowest BCUT2D eigenvalue weighted by Crippen LogP contribution is -2.31. The fourth-order valence-corrected chi connectivity index (χ4v) is 1.21. The minimum absolute atomic E-state index is 0.0723. The van der Waals surface area contributed by atoms with Crippen molar-refractivity contribution < 1.29 is 9.53 Å². The molecule has 1 heterocycles. The summed E-state index contributed by atoms with van der Waals surface area (Å²) in [4.78, 5) is 20.5. The highest BCUT2D eigenvalue weighted by Gasteiger charge is 2.08. The van der Waals surface area contributed by atoms with E-state index in [0.717, 1.165) is 0 Å². The maximum atomic E-state index is 10.8. The number of ether oxygens (including phenoxy) is 1. The zero-order chi connectivity index (χ0) is 12.1. The minimum Gasteiger partial charge on any atom is -0.384 e. The van der Waals surface area contributed by atoms with E-state index in [-0.39, 0.29) is 13.2 Å². The number of nitrogen functional groups attached to an aromatic ring is 1. The molecule has 0 aliphatic heterocycles. The Morgan fingerprint density at radius 2 is 2.25 bits per heavy atom. The van der Waals surface area contributed by atoms with Crippen molar-refractivity contribution in [1.29, 1.82) is 0 Å². The third-order valence-corrected chi connectivity index (χ3v) is 1.84. The van der Waals surface area contributed by atoms with E-state index in [2.05, 4.69) is 9.97 Å². The standard InChI is InChI=1S/C9H15N5O2/c1-14(4-7(11)15)9-3-6(10)12-8(13-9)5-16-2/h3H,4-5H2,1-2H3,(H2,11,15)(H2,10,12,13). The molecule has 1 aromatic heterocycles. The molecule has 7 nitrogen and oxygen atoms in total. The van der Waals surface area contributed by atoms with Crippen molar-refractivity contribution in [3.8, 4) is 0 Å². The number of carbonyl (C=O) groups excluding carboxylic acids is 1. The molecule has 1 amide bonds. The first-order chi connectivity index (χ1) is 7.52. The highest BCUT2D eigenvalue weighted by molar-refractivity contribution is 5.79. The number of amides is 1. The number of hydrogen-bond acceptors (Lipinski definition) is 6. The number of hydrogen-bond donors (Lipinski definition) is 2. The number of rotatable bonds is 5. The molecule has 1 rings (SSSR count). The number of anilines is 2. The van der Waals surface area contributed by atoms with Gasteiger partial charge in [-0.25, -0.2) is 9.97 Å². The lowest BCUT2D eigenvalue weighted by Gasteiger charge is -2.16. The number of carbonyl (C=O) groups is 1. The number of nitrogens with zero attached hydrogens (tertiary/aromatic N) is 3. The maximum Gasteiger partial charge on any atom is 0.236 e. The van der Waals surface area contributed by atoms with Gasteiger partial charge in [0.05, 0.1) is 6.54 Å². The van der Waals surface area contributed by atoms with Crippen molar-refractivity contribution in [3.05, 3.63) is 11.9 Å². The molecule has 0 bridgehead atoms. The van der Waals surface area contributed by atoms with Crippen LogP contribution < -0.4 is 16.4 Å². The van der Waals surface area contributed by atoms with Crippen molar-refractivity contribution in [3.63, 3.8) is 0 Å². The Balaban J connectivity index is 2.90. The third-order valence-electron chi connectivity index (χ3n) is 1.84. The van der Waals surface area contributed by atoms with Gasteiger partial charge in [-0.2, -0.15) is 0 Å². The molecule has 4 N–H and O–H groups in total. The van der Waals surface area contributed by atoms with E-state index in [4.69, 9.17) is 16.2 Å². The number of likely N-dealkylation sites (N-methyl/N-ethyl adjacent to an activating group) is 1. The van der Waals surface area contributed by atoms with Crippen LogP contribution in [0.2, 0.25) is 0 Å². The van der Waals surface area contributed by atoms with Gasteiger partial charge in [-0.1, -0.05) is 0 Å². The van der Waals surface area contributed by atoms with Crippen LogP contribution in [0.25, 0.3) is 0 Å². The summed E-state index contributed by atoms with van der Waals surface area (Å²) in [6.45, 7) is 0.339. The Hall–Kier alpha value is -1.89. The molecule has 0 aromatic carbocycles. The van der Waals surface area contributed by atoms with Crippen LogP contribution in [0.4, 0.5) is 11.6 Å². The summed E-state index contributed by atoms with van der Waals surface area (Å²) in [5.41, 5.74) is 10.7. The molecule has 88 valence electrons. The van der Waals surface area contributed by atoms with E-state index in [1.165, 1.54) is 0 Å². The average Bonchev–Trinajstić information content (AvgIpc) is 2.16. The van der Waals surface area contributed by atoms with Gasteiger partial charge in [0, 0.05) is 20.2 Å². The first-order valence-electron chi connectivity index (χ1n) is 4.64. The quantitative estimate of drug-likeness (QED) is 0.674. The minimum atomic E-state index is -0.437. The summed E-state index contributed by atoms with van der Waals surface area (Å²) in [6.07, 6.45) is 0. The van der Waals surface area contributed by atoms with Gasteiger partial charge >= 0.3 is 0 Å². The van der Waals surface area contributed by atoms with Crippen LogP contribution in [0, 0.1) is 0 Å². The van der Waals surface area contributed by atoms with Crippen LogP contribution in [0.1, 0.15) is 5.82 Å². The van der Waals surface area contributed by atoms with Gasteiger partial charge in [-0.05, 0) is 0 Å². The third kappa shape index (κ3) is 3.35. The molecule has 1 aromatic rings. The number of nitrogens with two attached hydrogens (primary N) is 2. The second-order valence-electron chi connectivity index (χ2n) is 3.32. The van der Waals surface area contributed by atoms with E-state index in [1.807, 2.05) is 0 Å². The molecule has 0 aliphatic carbocycles. The lowest BCUT2D eigenvalue weighted by molar-refractivity contribution is -0.116. The van der Waals surface area contributed by atoms with Crippen LogP contribution in [-0.2, 0) is 16.1 Å². The summed E-state index contributed by atoms with van der Waals surface area (Å²) >= 11 is 0. The Bertz CT molecular complexity index is 382. The molecule has 0 radical (unpaired) electrons. The second-order valence-corrected chi connectivity index (χ2v) is 3.32. The summed E-state index contributed by atoms with van der Waals surface area (Å²) < 4.78 is 4.91. The smallest absolute Gasteiger partial charge is 0.236 e. The number of primary amides is 1. The normalized spacial score (nSPS) is 10.1. The summed E-state index contributed by atoms with van der Waals surface area (Å²) in [7, 11) is 3.24. The molecule has 0 aliphatic rings. The van der Waals surface area contributed by atoms with Crippen molar-refractivity contribution in [1.82, 2.24) is 9.97 Å². The molecule has 0 spiro atoms. The number of aromatic nitrogens is 2. The van der Waals surface area contributed by atoms with Gasteiger partial charge in [0.15, 0.2) is 5.82 Å². The molecule has 0 unspecified atom stereocenters. The largest absolute Gasteiger partial charge is 0.384 e. The van der Waals surface area contributed by atoms with Gasteiger partial charge in [0.2, 0.25) is 5.91 Å². The SMILES string of the molecule is COCc1nc(N)cc(N(C)CC(N)=O)n1. The van der Waals surface area contributed by atoms with E-state index in [1.54, 1.807) is 25.1 Å². The Kier molecular flexibility index (Phi) is 4.01. The van der Waals surface area contributed by atoms with Gasteiger partial charge in [0.25, 0.3) is 0 Å². The predicted molar refractivity (Wildman–Crippen MR) is 59.6 cm³/mol. The maximum absolute atomic E-state index is 10.8. The fourth-order valence-electron chi connectivity index (χ4n) is 1.21. The van der Waals surface area contributed by atoms with Gasteiger partial charge < -0.3 is 21.1 Å². The molecule has 16 heavy (non-hydrogen) atoms. The van der Waals surface area contributed by atoms with Crippen LogP contribution in [-0.4, -0.2) is 36.6 Å². The summed E-state index contributed by atoms with van der Waals surface area (Å²) in [5.74, 6) is 0.897. The van der Waals surface area contributed by atoms with Crippen molar-refractivity contribution >= 4 is 17.5 Å². The average molecular weight is 225 g/mol. The second kappa shape index (κ2) is 5.26. The lowest BCUT2D eigenvalue weighted by atomic mass is 10.4. The Morgan fingerprint density at radius 1 is 1.56 bits per heavy atom. The summed E-state index contributed by atoms with van der Waals surface area (Å²) in [6, 6.07) is 1.57. The van der Waals surface area contributed by atoms with Gasteiger partial charge in [-0.15, -0.1) is 0 Å². The highest BCUT2D eigenvalue weighted by Crippen LogP contribution is 2.12. The van der Waals surface area contributed by atoms with Gasteiger partial charge in [0.1, 0.15) is 18.2 Å². The molecular formula is C9H15N5O2. The zero-order valence-electron chi connectivity index (χ0n) is 9.30. The topological polar surface area (TPSA) is 107 Å². The van der Waals surface area contributed by atoms with Crippen LogP contribution in [0.5, 0.6) is 0 Å². The van der Waals surface area contributed by atoms with Crippen LogP contribution >= 0.6 is 0 Å². The van der Waals surface area contributed by atoms with E-state index in [0.29, 0.717) is 17.5 Å². The molecule has 0 saturated heterocycles. The summed E-state index contributed by atoms with van der Waals surface area (Å²) in [5, 5.41) is 0. The first kappa shape index (κ1) is 12.2.